The van der Waals surface area contributed by atoms with E-state index in [-0.39, 0.29) is 8.80 Å². The summed E-state index contributed by atoms with van der Waals surface area (Å²) in [5.74, 6) is 1.58. The fraction of sp³-hybridized carbons (Fsp3) is 0.500. The third-order valence-corrected chi connectivity index (χ3v) is 4.41. The lowest BCUT2D eigenvalue weighted by atomic mass is 10.3. The molecule has 2 aromatic heterocycles. The molecule has 0 unspecified atom stereocenters. The van der Waals surface area contributed by atoms with Crippen LogP contribution in [0.4, 0.5) is 0 Å². The molecule has 0 N–H and O–H groups in total. The van der Waals surface area contributed by atoms with Crippen LogP contribution in [0.5, 0.6) is 0 Å². The molecule has 2 aromatic rings. The third kappa shape index (κ3) is 4.62. The minimum atomic E-state index is -0.249. The van der Waals surface area contributed by atoms with E-state index >= 15 is 0 Å². The maximum Gasteiger partial charge on any atom is 0.162 e. The van der Waals surface area contributed by atoms with Gasteiger partial charge in [0.25, 0.3) is 0 Å². The first-order valence-corrected chi connectivity index (χ1v) is 10.1. The van der Waals surface area contributed by atoms with E-state index in [0.29, 0.717) is 11.9 Å². The molecule has 0 fully saturated rings. The van der Waals surface area contributed by atoms with Crippen LogP contribution in [0.1, 0.15) is 12.7 Å². The van der Waals surface area contributed by atoms with Crippen molar-refractivity contribution < 1.29 is 4.74 Å². The number of halogens is 1. The molecule has 0 aromatic carbocycles. The first-order valence-electron chi connectivity index (χ1n) is 7.02. The summed E-state index contributed by atoms with van der Waals surface area (Å²) in [6.07, 6.45) is 2.50. The molecule has 0 aliphatic heterocycles. The van der Waals surface area contributed by atoms with Crippen molar-refractivity contribution in [1.29, 1.82) is 0 Å². The zero-order valence-electron chi connectivity index (χ0n) is 12.6. The molecule has 0 amide bonds. The van der Waals surface area contributed by atoms with Gasteiger partial charge < -0.3 is 4.74 Å². The van der Waals surface area contributed by atoms with E-state index in [4.69, 9.17) is 16.3 Å². The van der Waals surface area contributed by atoms with Gasteiger partial charge in [-0.05, 0) is 18.2 Å². The average molecular weight is 324 g/mol. The molecule has 1 radical (unpaired) electrons. The van der Waals surface area contributed by atoms with Crippen LogP contribution >= 0.6 is 11.6 Å². The summed E-state index contributed by atoms with van der Waals surface area (Å²) >= 11 is 5.83. The quantitative estimate of drug-likeness (QED) is 0.446. The Labute approximate surface area is 131 Å². The van der Waals surface area contributed by atoms with E-state index in [1.54, 1.807) is 16.9 Å². The number of rotatable bonds is 7. The van der Waals surface area contributed by atoms with Crippen molar-refractivity contribution in [2.45, 2.75) is 39.2 Å². The minimum absolute atomic E-state index is 0.249. The first-order chi connectivity index (χ1) is 10.1. The molecular weight excluding hydrogens is 304 g/mol. The van der Waals surface area contributed by atoms with Crippen LogP contribution in [0.2, 0.25) is 24.3 Å². The number of hydrogen-bond donors (Lipinski definition) is 0. The maximum atomic E-state index is 5.83. The molecule has 0 atom stereocenters. The zero-order valence-corrected chi connectivity index (χ0v) is 14.4. The molecule has 0 spiro atoms. The van der Waals surface area contributed by atoms with Gasteiger partial charge in [-0.25, -0.2) is 14.6 Å². The van der Waals surface area contributed by atoms with Crippen molar-refractivity contribution in [3.63, 3.8) is 0 Å². The van der Waals surface area contributed by atoms with E-state index in [9.17, 15) is 0 Å². The lowest BCUT2D eigenvalue weighted by Gasteiger charge is -2.08. The van der Waals surface area contributed by atoms with Crippen LogP contribution in [-0.2, 0) is 17.9 Å². The van der Waals surface area contributed by atoms with Gasteiger partial charge in [-0.1, -0.05) is 31.6 Å². The predicted octanol–water partition coefficient (Wildman–Crippen LogP) is 3.28. The van der Waals surface area contributed by atoms with Gasteiger partial charge in [0.15, 0.2) is 11.6 Å². The van der Waals surface area contributed by atoms with E-state index < -0.39 is 0 Å². The molecular formula is C14H20ClN4OSi. The monoisotopic (exact) mass is 323 g/mol. The molecule has 5 nitrogen and oxygen atoms in total. The Bertz CT molecular complexity index is 571. The Morgan fingerprint density at radius 2 is 2.14 bits per heavy atom. The number of pyridine rings is 1. The number of nitrogens with zero attached hydrogens (tertiary/aromatic N) is 4. The largest absolute Gasteiger partial charge is 0.359 e. The summed E-state index contributed by atoms with van der Waals surface area (Å²) in [6, 6.07) is 4.79. The molecule has 0 saturated heterocycles. The van der Waals surface area contributed by atoms with E-state index in [2.05, 4.69) is 28.2 Å². The van der Waals surface area contributed by atoms with Crippen LogP contribution in [0.15, 0.2) is 18.3 Å². The van der Waals surface area contributed by atoms with E-state index in [1.807, 2.05) is 13.0 Å². The number of ether oxygens (including phenoxy) is 1. The third-order valence-electron chi connectivity index (χ3n) is 2.98. The molecule has 0 bridgehead atoms. The molecule has 2 heterocycles. The van der Waals surface area contributed by atoms with Crippen LogP contribution in [0, 0.1) is 0 Å². The van der Waals surface area contributed by atoms with Crippen molar-refractivity contribution in [3.05, 3.63) is 29.3 Å². The second-order valence-electron chi connectivity index (χ2n) is 5.07. The smallest absolute Gasteiger partial charge is 0.162 e. The van der Waals surface area contributed by atoms with Crippen molar-refractivity contribution in [3.8, 4) is 11.4 Å². The lowest BCUT2D eigenvalue weighted by molar-refractivity contribution is 0.0797. The summed E-state index contributed by atoms with van der Waals surface area (Å²) in [6.45, 7) is 7.78. The topological polar surface area (TPSA) is 52.8 Å². The van der Waals surface area contributed by atoms with E-state index in [0.717, 1.165) is 36.3 Å². The maximum absolute atomic E-state index is 5.83. The molecule has 0 saturated carbocycles. The van der Waals surface area contributed by atoms with Crippen LogP contribution in [0.3, 0.4) is 0 Å². The Kier molecular flexibility index (Phi) is 5.90. The van der Waals surface area contributed by atoms with E-state index in [1.165, 1.54) is 0 Å². The summed E-state index contributed by atoms with van der Waals surface area (Å²) in [5.41, 5.74) is 0.894. The van der Waals surface area contributed by atoms with Gasteiger partial charge in [-0.15, -0.1) is 0 Å². The van der Waals surface area contributed by atoms with Gasteiger partial charge >= 0.3 is 0 Å². The number of aryl methyl sites for hydroxylation is 1. The summed E-state index contributed by atoms with van der Waals surface area (Å²) in [4.78, 5) is 8.64. The van der Waals surface area contributed by atoms with Crippen LogP contribution in [0.25, 0.3) is 11.4 Å². The highest BCUT2D eigenvalue weighted by Gasteiger charge is 2.11. The molecule has 2 rings (SSSR count). The second kappa shape index (κ2) is 7.68. The zero-order chi connectivity index (χ0) is 15.2. The molecule has 113 valence electrons. The minimum Gasteiger partial charge on any atom is -0.359 e. The highest BCUT2D eigenvalue weighted by Crippen LogP contribution is 2.18. The van der Waals surface area contributed by atoms with Gasteiger partial charge in [0.1, 0.15) is 11.9 Å². The Morgan fingerprint density at radius 3 is 2.76 bits per heavy atom. The van der Waals surface area contributed by atoms with Gasteiger partial charge in [-0.3, -0.25) is 0 Å². The Balaban J connectivity index is 2.12. The average Bonchev–Trinajstić information content (AvgIpc) is 2.87. The fourth-order valence-electron chi connectivity index (χ4n) is 1.78. The summed E-state index contributed by atoms with van der Waals surface area (Å²) in [5, 5.41) is 4.94. The summed E-state index contributed by atoms with van der Waals surface area (Å²) < 4.78 is 7.51. The second-order valence-corrected chi connectivity index (χ2v) is 8.37. The summed E-state index contributed by atoms with van der Waals surface area (Å²) in [7, 11) is -0.249. The van der Waals surface area contributed by atoms with Crippen molar-refractivity contribution in [2.24, 2.45) is 0 Å². The molecule has 7 heteroatoms. The first kappa shape index (κ1) is 16.1. The predicted molar refractivity (Wildman–Crippen MR) is 85.9 cm³/mol. The van der Waals surface area contributed by atoms with Gasteiger partial charge in [0.2, 0.25) is 0 Å². The van der Waals surface area contributed by atoms with Gasteiger partial charge in [-0.2, -0.15) is 5.10 Å². The SMILES string of the molecule is CCc1nc(-c2ccc(Cl)nc2)n(COCC[Si](C)C)n1. The van der Waals surface area contributed by atoms with Gasteiger partial charge in [0, 0.05) is 33.6 Å². The fourth-order valence-corrected chi connectivity index (χ4v) is 2.44. The number of hydrogen-bond acceptors (Lipinski definition) is 4. The number of aromatic nitrogens is 4. The molecule has 0 aliphatic rings. The van der Waals surface area contributed by atoms with Crippen molar-refractivity contribution in [2.75, 3.05) is 6.61 Å². The highest BCUT2D eigenvalue weighted by atomic mass is 35.5. The standard InChI is InChI=1S/C14H20ClN4OSi/c1-4-13-17-14(11-5-6-12(15)16-9-11)19(18-13)10-20-7-8-21(2)3/h5-6,9H,4,7-8,10H2,1-3H3. The normalized spacial score (nSPS) is 11.3. The molecule has 0 aliphatic carbocycles. The van der Waals surface area contributed by atoms with Gasteiger partial charge in [0.05, 0.1) is 0 Å². The molecule has 21 heavy (non-hydrogen) atoms. The highest BCUT2D eigenvalue weighted by molar-refractivity contribution is 6.55. The van der Waals surface area contributed by atoms with Crippen molar-refractivity contribution in [1.82, 2.24) is 19.7 Å². The van der Waals surface area contributed by atoms with Crippen molar-refractivity contribution >= 4 is 20.4 Å². The van der Waals surface area contributed by atoms with Crippen LogP contribution in [-0.4, -0.2) is 35.2 Å². The lowest BCUT2D eigenvalue weighted by Crippen LogP contribution is -2.10. The Hall–Kier alpha value is -1.24. The van der Waals surface area contributed by atoms with Crippen LogP contribution < -0.4 is 0 Å². The Morgan fingerprint density at radius 1 is 1.33 bits per heavy atom.